The first-order chi connectivity index (χ1) is 19.6. The van der Waals surface area contributed by atoms with Crippen molar-refractivity contribution in [3.8, 4) is 11.5 Å². The Hall–Kier alpha value is -4.37. The van der Waals surface area contributed by atoms with E-state index < -0.39 is 36.3 Å². The summed E-state index contributed by atoms with van der Waals surface area (Å²) in [4.78, 5) is 31.8. The van der Waals surface area contributed by atoms with Crippen LogP contribution in [0.15, 0.2) is 47.5 Å². The number of aliphatic carboxylic acids is 1. The first kappa shape index (κ1) is 29.6. The van der Waals surface area contributed by atoms with E-state index in [1.807, 2.05) is 24.3 Å². The number of anilines is 1. The van der Waals surface area contributed by atoms with Crippen LogP contribution < -0.4 is 31.3 Å². The third-order valence-electron chi connectivity index (χ3n) is 6.52. The van der Waals surface area contributed by atoms with Crippen LogP contribution in [-0.4, -0.2) is 88.7 Å². The molecule has 14 nitrogen and oxygen atoms in total. The minimum absolute atomic E-state index is 0.122. The lowest BCUT2D eigenvalue weighted by molar-refractivity contribution is -0.139. The van der Waals surface area contributed by atoms with Crippen molar-refractivity contribution in [1.82, 2.24) is 26.3 Å². The maximum Gasteiger partial charge on any atom is 0.322 e. The molecule has 1 aromatic heterocycles. The van der Waals surface area contributed by atoms with Gasteiger partial charge in [0.2, 0.25) is 5.91 Å². The molecule has 220 valence electrons. The van der Waals surface area contributed by atoms with Crippen molar-refractivity contribution in [3.05, 3.63) is 53.7 Å². The number of phenolic OH excluding ortho intramolecular Hbond substituents is 1. The van der Waals surface area contributed by atoms with Crippen molar-refractivity contribution >= 4 is 34.4 Å². The minimum Gasteiger partial charge on any atom is -0.508 e. The van der Waals surface area contributed by atoms with Crippen LogP contribution in [0.5, 0.6) is 11.5 Å². The fourth-order valence-corrected chi connectivity index (χ4v) is 4.47. The van der Waals surface area contributed by atoms with Gasteiger partial charge in [-0.1, -0.05) is 12.1 Å². The number of carbonyl (C=O) groups excluding carboxylic acids is 1. The summed E-state index contributed by atoms with van der Waals surface area (Å²) in [6, 6.07) is 10.4. The number of H-pyrrole nitrogens is 1. The van der Waals surface area contributed by atoms with Crippen LogP contribution in [0.25, 0.3) is 10.9 Å². The number of nitrogens with one attached hydrogen (secondary N) is 6. The number of fused-ring (bicyclic) bond motifs is 1. The van der Waals surface area contributed by atoms with E-state index in [0.717, 1.165) is 10.9 Å². The number of aromatic amines is 1. The zero-order valence-electron chi connectivity index (χ0n) is 22.6. The maximum absolute atomic E-state index is 12.5. The lowest BCUT2D eigenvalue weighted by Gasteiger charge is -2.21. The summed E-state index contributed by atoms with van der Waals surface area (Å²) in [5.41, 5.74) is 2.25. The number of carboxylic acids is 1. The zero-order chi connectivity index (χ0) is 29.5. The number of methoxy groups -OCH3 is 1. The molecule has 0 bridgehead atoms. The van der Waals surface area contributed by atoms with Gasteiger partial charge >= 0.3 is 5.97 Å². The molecule has 2 aromatic carbocycles. The van der Waals surface area contributed by atoms with Crippen molar-refractivity contribution in [2.75, 3.05) is 38.6 Å². The highest BCUT2D eigenvalue weighted by Crippen LogP contribution is 2.33. The standard InChI is InChI=1S/C27H35N7O7/c1-14(23-24(41-2)19-5-3-4-6-20(19)34-23)32-21(26(39)40)12-28-22(37)13-29-25(38)15-7-16(9-17(35)8-15)33-27-30-10-18(36)11-31-27/h3-9,14,18,21,25,29,32,34-36,38H,10-13H2,1-2H3,(H,28,37)(H,39,40)(H2,30,31,33). The Balaban J connectivity index is 1.30. The molecule has 0 aliphatic carbocycles. The number of carbonyl (C=O) groups is 2. The highest BCUT2D eigenvalue weighted by molar-refractivity contribution is 5.94. The molecule has 41 heavy (non-hydrogen) atoms. The summed E-state index contributed by atoms with van der Waals surface area (Å²) >= 11 is 0. The lowest BCUT2D eigenvalue weighted by Crippen LogP contribution is -2.48. The monoisotopic (exact) mass is 569 g/mol. The van der Waals surface area contributed by atoms with Gasteiger partial charge in [0.05, 0.1) is 32.0 Å². The molecule has 4 atom stereocenters. The van der Waals surface area contributed by atoms with Crippen LogP contribution >= 0.6 is 0 Å². The molecule has 3 aromatic rings. The average molecular weight is 570 g/mol. The Morgan fingerprint density at radius 1 is 1.22 bits per heavy atom. The Kier molecular flexibility index (Phi) is 9.62. The highest BCUT2D eigenvalue weighted by Gasteiger charge is 2.25. The summed E-state index contributed by atoms with van der Waals surface area (Å²) in [7, 11) is 1.55. The maximum atomic E-state index is 12.5. The van der Waals surface area contributed by atoms with Crippen molar-refractivity contribution < 1.29 is 34.8 Å². The fourth-order valence-electron chi connectivity index (χ4n) is 4.47. The summed E-state index contributed by atoms with van der Waals surface area (Å²) in [5, 5.41) is 54.9. The predicted molar refractivity (Wildman–Crippen MR) is 152 cm³/mol. The molecule has 0 saturated carbocycles. The van der Waals surface area contributed by atoms with E-state index in [-0.39, 0.29) is 30.9 Å². The number of nitrogens with zero attached hydrogens (tertiary/aromatic N) is 1. The first-order valence-electron chi connectivity index (χ1n) is 13.0. The molecule has 14 heteroatoms. The van der Waals surface area contributed by atoms with E-state index in [2.05, 4.69) is 36.6 Å². The molecular weight excluding hydrogens is 534 g/mol. The van der Waals surface area contributed by atoms with Gasteiger partial charge in [-0.2, -0.15) is 0 Å². The molecule has 1 amide bonds. The second-order valence-corrected chi connectivity index (χ2v) is 9.65. The Morgan fingerprint density at radius 2 is 2.00 bits per heavy atom. The number of hydrogen-bond acceptors (Lipinski definition) is 11. The third-order valence-corrected chi connectivity index (χ3v) is 6.52. The van der Waals surface area contributed by atoms with E-state index in [4.69, 9.17) is 4.74 Å². The van der Waals surface area contributed by atoms with Crippen LogP contribution in [0.2, 0.25) is 0 Å². The van der Waals surface area contributed by atoms with E-state index >= 15 is 0 Å². The summed E-state index contributed by atoms with van der Waals surface area (Å²) in [6.45, 7) is 1.83. The smallest absolute Gasteiger partial charge is 0.322 e. The normalized spacial score (nSPS) is 17.2. The van der Waals surface area contributed by atoms with Crippen LogP contribution in [-0.2, 0) is 9.59 Å². The Bertz CT molecular complexity index is 1410. The Labute approximate surface area is 235 Å². The number of phenols is 1. The van der Waals surface area contributed by atoms with Gasteiger partial charge in [0.1, 0.15) is 23.8 Å². The molecule has 0 spiro atoms. The van der Waals surface area contributed by atoms with E-state index in [0.29, 0.717) is 29.6 Å². The van der Waals surface area contributed by atoms with E-state index in [9.17, 15) is 30.0 Å². The van der Waals surface area contributed by atoms with Crippen molar-refractivity contribution in [1.29, 1.82) is 0 Å². The second-order valence-electron chi connectivity index (χ2n) is 9.65. The number of aromatic hydroxyl groups is 1. The highest BCUT2D eigenvalue weighted by atomic mass is 16.5. The summed E-state index contributed by atoms with van der Waals surface area (Å²) in [6.07, 6.45) is -1.88. The molecule has 0 fully saturated rings. The molecular formula is C27H35N7O7. The number of benzene rings is 2. The molecule has 4 unspecified atom stereocenters. The summed E-state index contributed by atoms with van der Waals surface area (Å²) in [5.74, 6) is -0.785. The molecule has 10 N–H and O–H groups in total. The topological polar surface area (TPSA) is 213 Å². The number of aromatic nitrogens is 1. The number of aliphatic imine (C=N–C) groups is 1. The summed E-state index contributed by atoms with van der Waals surface area (Å²) < 4.78 is 5.55. The van der Waals surface area contributed by atoms with Crippen molar-refractivity contribution in [3.63, 3.8) is 0 Å². The molecule has 0 radical (unpaired) electrons. The first-order valence-corrected chi connectivity index (χ1v) is 13.0. The Morgan fingerprint density at radius 3 is 2.71 bits per heavy atom. The van der Waals surface area contributed by atoms with Crippen molar-refractivity contribution in [2.45, 2.75) is 31.3 Å². The number of hydrogen-bond donors (Lipinski definition) is 10. The molecule has 2 heterocycles. The minimum atomic E-state index is -1.31. The van der Waals surface area contributed by atoms with Gasteiger partial charge in [-0.25, -0.2) is 0 Å². The number of guanidine groups is 1. The van der Waals surface area contributed by atoms with Gasteiger partial charge in [-0.15, -0.1) is 0 Å². The van der Waals surface area contributed by atoms with Gasteiger partial charge in [0.25, 0.3) is 0 Å². The lowest BCUT2D eigenvalue weighted by atomic mass is 10.1. The number of amides is 1. The third kappa shape index (κ3) is 7.64. The molecule has 1 aliphatic rings. The van der Waals surface area contributed by atoms with Crippen LogP contribution in [0, 0.1) is 0 Å². The van der Waals surface area contributed by atoms with Gasteiger partial charge in [-0.05, 0) is 31.2 Å². The van der Waals surface area contributed by atoms with E-state index in [1.165, 1.54) is 12.1 Å². The largest absolute Gasteiger partial charge is 0.508 e. The molecule has 4 rings (SSSR count). The van der Waals surface area contributed by atoms with Crippen molar-refractivity contribution in [2.24, 2.45) is 4.99 Å². The van der Waals surface area contributed by atoms with Gasteiger partial charge < -0.3 is 46.1 Å². The van der Waals surface area contributed by atoms with Gasteiger partial charge in [0, 0.05) is 47.4 Å². The second kappa shape index (κ2) is 13.3. The molecule has 0 saturated heterocycles. The quantitative estimate of drug-likeness (QED) is 0.132. The van der Waals surface area contributed by atoms with Crippen LogP contribution in [0.1, 0.15) is 30.5 Å². The average Bonchev–Trinajstić information content (AvgIpc) is 3.33. The number of para-hydroxylation sites is 1. The number of aliphatic hydroxyl groups is 2. The van der Waals surface area contributed by atoms with Gasteiger partial charge in [0.15, 0.2) is 5.96 Å². The SMILES string of the molecule is COc1c(C(C)NC(CNC(=O)CNC(O)c2cc(O)cc(NC3=NCC(O)CN3)c2)C(=O)O)[nH]c2ccccc12. The van der Waals surface area contributed by atoms with E-state index in [1.54, 1.807) is 20.1 Å². The van der Waals surface area contributed by atoms with Crippen LogP contribution in [0.4, 0.5) is 5.69 Å². The predicted octanol–water partition coefficient (Wildman–Crippen LogP) is 0.115. The number of carboxylic acid groups (broad SMARTS) is 1. The number of ether oxygens (including phenoxy) is 1. The number of rotatable bonds is 12. The fraction of sp³-hybridized carbons (Fsp3) is 0.370. The van der Waals surface area contributed by atoms with Crippen LogP contribution in [0.3, 0.4) is 0 Å². The van der Waals surface area contributed by atoms with Gasteiger partial charge in [-0.3, -0.25) is 25.2 Å². The molecule has 1 aliphatic heterocycles. The number of aliphatic hydroxyl groups excluding tert-OH is 2. The zero-order valence-corrected chi connectivity index (χ0v) is 22.6. The number of β-amino-alcohol motifs (C(OH)–C–C–N with tert-alkyl or cyclic N) is 1.